The normalized spacial score (nSPS) is 14.3. The Hall–Kier alpha value is -2.94. The number of amides is 1. The summed E-state index contributed by atoms with van der Waals surface area (Å²) in [5.41, 5.74) is 8.47. The Labute approximate surface area is 184 Å². The molecule has 162 valence electrons. The molecule has 0 radical (unpaired) electrons. The molecular weight excluding hydrogens is 388 g/mol. The molecule has 0 spiro atoms. The highest BCUT2D eigenvalue weighted by Gasteiger charge is 2.32. The number of carbonyl (C=O) groups excluding carboxylic acids is 2. The Morgan fingerprint density at radius 1 is 1.06 bits per heavy atom. The van der Waals surface area contributed by atoms with Crippen LogP contribution >= 0.6 is 0 Å². The van der Waals surface area contributed by atoms with Crippen molar-refractivity contribution in [3.8, 4) is 11.8 Å². The minimum atomic E-state index is -0.992. The second-order valence-electron chi connectivity index (χ2n) is 8.86. The molecule has 1 atom stereocenters. The molecule has 0 heterocycles. The van der Waals surface area contributed by atoms with E-state index in [1.54, 1.807) is 38.1 Å². The van der Waals surface area contributed by atoms with Crippen molar-refractivity contribution >= 4 is 11.7 Å². The molecule has 0 aromatic heterocycles. The molecule has 2 aromatic carbocycles. The highest BCUT2D eigenvalue weighted by atomic mass is 16.3. The summed E-state index contributed by atoms with van der Waals surface area (Å²) in [6, 6.07) is 14.2. The lowest BCUT2D eigenvalue weighted by molar-refractivity contribution is -0.124. The van der Waals surface area contributed by atoms with Crippen LogP contribution in [0.5, 0.6) is 0 Å². The summed E-state index contributed by atoms with van der Waals surface area (Å²) in [5.74, 6) is 6.25. The van der Waals surface area contributed by atoms with Crippen molar-refractivity contribution in [2.75, 3.05) is 6.61 Å². The lowest BCUT2D eigenvalue weighted by atomic mass is 9.92. The molecule has 1 aliphatic carbocycles. The number of carbonyl (C=O) groups is 2. The third-order valence-electron chi connectivity index (χ3n) is 5.49. The van der Waals surface area contributed by atoms with E-state index in [4.69, 9.17) is 10.8 Å². The summed E-state index contributed by atoms with van der Waals surface area (Å²) in [5, 5.41) is 11.8. The zero-order valence-electron chi connectivity index (χ0n) is 18.2. The van der Waals surface area contributed by atoms with Crippen LogP contribution in [-0.2, 0) is 11.2 Å². The number of rotatable bonds is 8. The number of hydrogen-bond donors (Lipinski definition) is 3. The van der Waals surface area contributed by atoms with Gasteiger partial charge in [0.25, 0.3) is 5.91 Å². The first-order valence-corrected chi connectivity index (χ1v) is 10.7. The number of Topliss-reactive ketones (excluding diaryl/α,β-unsaturated/α-hetero) is 1. The number of ketones is 1. The zero-order chi connectivity index (χ0) is 22.4. The van der Waals surface area contributed by atoms with E-state index in [1.165, 1.54) is 24.8 Å². The summed E-state index contributed by atoms with van der Waals surface area (Å²) < 4.78 is 0. The molecule has 1 fully saturated rings. The van der Waals surface area contributed by atoms with Gasteiger partial charge in [0.15, 0.2) is 5.78 Å². The second kappa shape index (κ2) is 9.91. The van der Waals surface area contributed by atoms with E-state index in [-0.39, 0.29) is 0 Å². The first-order chi connectivity index (χ1) is 14.8. The van der Waals surface area contributed by atoms with Crippen molar-refractivity contribution in [3.05, 3.63) is 70.8 Å². The molecular formula is C26H30N2O3. The van der Waals surface area contributed by atoms with Gasteiger partial charge in [-0.05, 0) is 74.6 Å². The van der Waals surface area contributed by atoms with Gasteiger partial charge in [-0.25, -0.2) is 0 Å². The van der Waals surface area contributed by atoms with Gasteiger partial charge in [0.1, 0.15) is 12.6 Å². The average Bonchev–Trinajstić information content (AvgIpc) is 3.59. The Balaban J connectivity index is 1.61. The van der Waals surface area contributed by atoms with E-state index in [9.17, 15) is 9.59 Å². The molecule has 0 aliphatic heterocycles. The molecule has 1 amide bonds. The number of benzene rings is 2. The van der Waals surface area contributed by atoms with Crippen molar-refractivity contribution < 1.29 is 14.7 Å². The van der Waals surface area contributed by atoms with Crippen LogP contribution in [-0.4, -0.2) is 35.0 Å². The van der Waals surface area contributed by atoms with Gasteiger partial charge in [0, 0.05) is 22.2 Å². The predicted octanol–water partition coefficient (Wildman–Crippen LogP) is 2.83. The van der Waals surface area contributed by atoms with Crippen LogP contribution in [0.1, 0.15) is 60.2 Å². The first kappa shape index (κ1) is 22.7. The average molecular weight is 419 g/mol. The van der Waals surface area contributed by atoms with Crippen LogP contribution in [0.25, 0.3) is 0 Å². The minimum Gasteiger partial charge on any atom is -0.388 e. The van der Waals surface area contributed by atoms with Crippen molar-refractivity contribution in [2.24, 2.45) is 11.7 Å². The SMILES string of the molecule is CC(C)(N)[C@@H](NC(=O)c1ccc(C#Cc2ccc(CCC3CC3)cc2)cc1)C(=O)CO. The van der Waals surface area contributed by atoms with Crippen LogP contribution < -0.4 is 11.1 Å². The van der Waals surface area contributed by atoms with Crippen LogP contribution in [0.15, 0.2) is 48.5 Å². The standard InChI is InChI=1S/C26H30N2O3/c1-26(2,27)24(23(30)17-29)28-25(31)22-15-13-21(14-16-22)12-11-20-9-7-19(8-10-20)6-5-18-3-4-18/h7-10,13-16,18,24,29H,3-6,17,27H2,1-2H3,(H,28,31)/t24-/m0/s1. The molecule has 5 nitrogen and oxygen atoms in total. The summed E-state index contributed by atoms with van der Waals surface area (Å²) in [4.78, 5) is 24.4. The third kappa shape index (κ3) is 6.78. The van der Waals surface area contributed by atoms with Gasteiger partial charge < -0.3 is 16.2 Å². The van der Waals surface area contributed by atoms with Crippen LogP contribution in [0.4, 0.5) is 0 Å². The van der Waals surface area contributed by atoms with Gasteiger partial charge in [-0.3, -0.25) is 9.59 Å². The lowest BCUT2D eigenvalue weighted by Crippen LogP contribution is -2.59. The van der Waals surface area contributed by atoms with Crippen LogP contribution in [0.3, 0.4) is 0 Å². The Morgan fingerprint density at radius 2 is 1.61 bits per heavy atom. The van der Waals surface area contributed by atoms with Gasteiger partial charge in [0.2, 0.25) is 0 Å². The smallest absolute Gasteiger partial charge is 0.251 e. The fourth-order valence-electron chi connectivity index (χ4n) is 3.37. The van der Waals surface area contributed by atoms with Gasteiger partial charge in [-0.15, -0.1) is 0 Å². The van der Waals surface area contributed by atoms with Gasteiger partial charge in [-0.1, -0.05) is 36.8 Å². The quantitative estimate of drug-likeness (QED) is 0.575. The molecule has 0 unspecified atom stereocenters. The lowest BCUT2D eigenvalue weighted by Gasteiger charge is -2.29. The van der Waals surface area contributed by atoms with Crippen molar-refractivity contribution in [1.82, 2.24) is 5.32 Å². The number of nitrogens with one attached hydrogen (secondary N) is 1. The number of aryl methyl sites for hydroxylation is 1. The maximum atomic E-state index is 12.5. The summed E-state index contributed by atoms with van der Waals surface area (Å²) in [6.07, 6.45) is 5.18. The van der Waals surface area contributed by atoms with Gasteiger partial charge >= 0.3 is 0 Å². The minimum absolute atomic E-state index is 0.394. The molecule has 0 saturated heterocycles. The van der Waals surface area contributed by atoms with E-state index in [2.05, 4.69) is 29.3 Å². The molecule has 1 saturated carbocycles. The summed E-state index contributed by atoms with van der Waals surface area (Å²) >= 11 is 0. The summed E-state index contributed by atoms with van der Waals surface area (Å²) in [6.45, 7) is 2.58. The second-order valence-corrected chi connectivity index (χ2v) is 8.86. The Morgan fingerprint density at radius 3 is 2.10 bits per heavy atom. The maximum absolute atomic E-state index is 12.5. The van der Waals surface area contributed by atoms with E-state index in [0.717, 1.165) is 23.5 Å². The van der Waals surface area contributed by atoms with Gasteiger partial charge in [0.05, 0.1) is 0 Å². The number of nitrogens with two attached hydrogens (primary N) is 1. The Kier molecular flexibility index (Phi) is 7.27. The van der Waals surface area contributed by atoms with Crippen molar-refractivity contribution in [1.29, 1.82) is 0 Å². The van der Waals surface area contributed by atoms with Crippen molar-refractivity contribution in [3.63, 3.8) is 0 Å². The van der Waals surface area contributed by atoms with E-state index < -0.39 is 29.9 Å². The van der Waals surface area contributed by atoms with Crippen LogP contribution in [0.2, 0.25) is 0 Å². The largest absolute Gasteiger partial charge is 0.388 e. The molecule has 3 rings (SSSR count). The fraction of sp³-hybridized carbons (Fsp3) is 0.385. The number of aliphatic hydroxyl groups is 1. The zero-order valence-corrected chi connectivity index (χ0v) is 18.2. The highest BCUT2D eigenvalue weighted by Crippen LogP contribution is 2.33. The molecule has 5 heteroatoms. The molecule has 2 aromatic rings. The molecule has 4 N–H and O–H groups in total. The van der Waals surface area contributed by atoms with E-state index in [0.29, 0.717) is 5.56 Å². The monoisotopic (exact) mass is 418 g/mol. The number of hydrogen-bond acceptors (Lipinski definition) is 4. The van der Waals surface area contributed by atoms with Crippen LogP contribution in [0, 0.1) is 17.8 Å². The Bertz CT molecular complexity index is 973. The highest BCUT2D eigenvalue weighted by molar-refractivity contribution is 5.98. The molecule has 1 aliphatic rings. The van der Waals surface area contributed by atoms with E-state index in [1.807, 2.05) is 12.1 Å². The van der Waals surface area contributed by atoms with Crippen molar-refractivity contribution in [2.45, 2.75) is 51.1 Å². The van der Waals surface area contributed by atoms with E-state index >= 15 is 0 Å². The predicted molar refractivity (Wildman–Crippen MR) is 122 cm³/mol. The first-order valence-electron chi connectivity index (χ1n) is 10.7. The fourth-order valence-corrected chi connectivity index (χ4v) is 3.37. The number of aliphatic hydroxyl groups excluding tert-OH is 1. The molecule has 31 heavy (non-hydrogen) atoms. The third-order valence-corrected chi connectivity index (χ3v) is 5.49. The van der Waals surface area contributed by atoms with Gasteiger partial charge in [-0.2, -0.15) is 0 Å². The topological polar surface area (TPSA) is 92.4 Å². The maximum Gasteiger partial charge on any atom is 0.251 e. The molecule has 0 bridgehead atoms. The summed E-state index contributed by atoms with van der Waals surface area (Å²) in [7, 11) is 0.